The SMILES string of the molecule is CS(=O)(=O)OCc1ccc(Br)c(C(F)(F)F)c1. The number of hydrogen-bond donors (Lipinski definition) is 0. The Kier molecular flexibility index (Phi) is 4.21. The van der Waals surface area contributed by atoms with Gasteiger partial charge in [0.25, 0.3) is 10.1 Å². The molecule has 0 radical (unpaired) electrons. The number of hydrogen-bond acceptors (Lipinski definition) is 3. The molecule has 0 atom stereocenters. The molecular formula is C9H8BrF3O3S. The highest BCUT2D eigenvalue weighted by Gasteiger charge is 2.33. The van der Waals surface area contributed by atoms with Crippen LogP contribution < -0.4 is 0 Å². The standard InChI is InChI=1S/C9H8BrF3O3S/c1-17(14,15)16-5-6-2-3-8(10)7(4-6)9(11,12)13/h2-4H,5H2,1H3. The van der Waals surface area contributed by atoms with E-state index in [-0.39, 0.29) is 10.0 Å². The van der Waals surface area contributed by atoms with Crippen LogP contribution in [0, 0.1) is 0 Å². The molecule has 0 unspecified atom stereocenters. The summed E-state index contributed by atoms with van der Waals surface area (Å²) in [5.41, 5.74) is -0.738. The summed E-state index contributed by atoms with van der Waals surface area (Å²) in [6.45, 7) is -0.421. The lowest BCUT2D eigenvalue weighted by molar-refractivity contribution is -0.138. The lowest BCUT2D eigenvalue weighted by Crippen LogP contribution is -2.08. The third-order valence-corrected chi connectivity index (χ3v) is 3.01. The first-order valence-electron chi connectivity index (χ1n) is 4.29. The van der Waals surface area contributed by atoms with Gasteiger partial charge in [-0.3, -0.25) is 4.18 Å². The Morgan fingerprint density at radius 1 is 1.35 bits per heavy atom. The normalized spacial score (nSPS) is 12.8. The smallest absolute Gasteiger partial charge is 0.265 e. The molecule has 96 valence electrons. The van der Waals surface area contributed by atoms with Crippen molar-refractivity contribution in [2.24, 2.45) is 0 Å². The fourth-order valence-corrected chi connectivity index (χ4v) is 1.88. The Labute approximate surface area is 105 Å². The predicted molar refractivity (Wildman–Crippen MR) is 58.8 cm³/mol. The van der Waals surface area contributed by atoms with Gasteiger partial charge in [0.1, 0.15) is 0 Å². The van der Waals surface area contributed by atoms with Crippen LogP contribution in [0.4, 0.5) is 13.2 Å². The highest BCUT2D eigenvalue weighted by atomic mass is 79.9. The first-order valence-corrected chi connectivity index (χ1v) is 6.90. The average Bonchev–Trinajstić information content (AvgIpc) is 2.13. The highest BCUT2D eigenvalue weighted by molar-refractivity contribution is 9.10. The van der Waals surface area contributed by atoms with Gasteiger partial charge in [0.15, 0.2) is 0 Å². The van der Waals surface area contributed by atoms with Crippen molar-refractivity contribution < 1.29 is 25.8 Å². The first-order chi connectivity index (χ1) is 7.59. The molecule has 0 saturated heterocycles. The Balaban J connectivity index is 2.98. The summed E-state index contributed by atoms with van der Waals surface area (Å²) in [4.78, 5) is 0. The average molecular weight is 333 g/mol. The molecule has 1 rings (SSSR count). The zero-order chi connectivity index (χ0) is 13.3. The fourth-order valence-electron chi connectivity index (χ4n) is 1.05. The molecule has 0 N–H and O–H groups in total. The summed E-state index contributed by atoms with van der Waals surface area (Å²) in [5.74, 6) is 0. The fraction of sp³-hybridized carbons (Fsp3) is 0.333. The van der Waals surface area contributed by atoms with Crippen LogP contribution in [-0.2, 0) is 27.1 Å². The number of rotatable bonds is 3. The molecule has 0 aliphatic rings. The molecule has 0 amide bonds. The van der Waals surface area contributed by atoms with Gasteiger partial charge in [-0.2, -0.15) is 21.6 Å². The third-order valence-electron chi connectivity index (χ3n) is 1.78. The topological polar surface area (TPSA) is 43.4 Å². The second-order valence-electron chi connectivity index (χ2n) is 3.28. The number of benzene rings is 1. The van der Waals surface area contributed by atoms with Crippen molar-refractivity contribution in [1.82, 2.24) is 0 Å². The van der Waals surface area contributed by atoms with Crippen LogP contribution in [0.15, 0.2) is 22.7 Å². The summed E-state index contributed by atoms with van der Waals surface area (Å²) < 4.78 is 63.2. The van der Waals surface area contributed by atoms with E-state index in [2.05, 4.69) is 20.1 Å². The number of alkyl halides is 3. The first kappa shape index (κ1) is 14.5. The Bertz CT molecular complexity index is 511. The van der Waals surface area contributed by atoms with Crippen LogP contribution in [0.2, 0.25) is 0 Å². The van der Waals surface area contributed by atoms with Gasteiger partial charge in [-0.25, -0.2) is 0 Å². The second-order valence-corrected chi connectivity index (χ2v) is 5.78. The molecule has 17 heavy (non-hydrogen) atoms. The van der Waals surface area contributed by atoms with E-state index in [9.17, 15) is 21.6 Å². The summed E-state index contributed by atoms with van der Waals surface area (Å²) in [6.07, 6.45) is -3.67. The van der Waals surface area contributed by atoms with Crippen molar-refractivity contribution in [3.63, 3.8) is 0 Å². The van der Waals surface area contributed by atoms with Gasteiger partial charge in [0, 0.05) is 4.47 Å². The molecule has 8 heteroatoms. The van der Waals surface area contributed by atoms with Gasteiger partial charge in [-0.1, -0.05) is 22.0 Å². The van der Waals surface area contributed by atoms with E-state index in [0.717, 1.165) is 12.3 Å². The van der Waals surface area contributed by atoms with E-state index in [1.54, 1.807) is 0 Å². The second kappa shape index (κ2) is 4.95. The van der Waals surface area contributed by atoms with Gasteiger partial charge in [0.05, 0.1) is 18.4 Å². The monoisotopic (exact) mass is 332 g/mol. The van der Waals surface area contributed by atoms with E-state index in [1.165, 1.54) is 12.1 Å². The van der Waals surface area contributed by atoms with Gasteiger partial charge >= 0.3 is 6.18 Å². The Morgan fingerprint density at radius 3 is 2.41 bits per heavy atom. The van der Waals surface area contributed by atoms with E-state index in [1.807, 2.05) is 0 Å². The number of halogens is 4. The van der Waals surface area contributed by atoms with Gasteiger partial charge in [0.2, 0.25) is 0 Å². The van der Waals surface area contributed by atoms with Crippen LogP contribution in [0.5, 0.6) is 0 Å². The van der Waals surface area contributed by atoms with Gasteiger partial charge < -0.3 is 0 Å². The van der Waals surface area contributed by atoms with Crippen molar-refractivity contribution in [3.8, 4) is 0 Å². The summed E-state index contributed by atoms with van der Waals surface area (Å²) in [6, 6.07) is 3.39. The molecule has 0 aliphatic carbocycles. The van der Waals surface area contributed by atoms with Crippen LogP contribution in [-0.4, -0.2) is 14.7 Å². The van der Waals surface area contributed by atoms with Crippen LogP contribution >= 0.6 is 15.9 Å². The van der Waals surface area contributed by atoms with E-state index < -0.39 is 28.5 Å². The summed E-state index contributed by atoms with van der Waals surface area (Å²) >= 11 is 2.78. The van der Waals surface area contributed by atoms with Gasteiger partial charge in [-0.05, 0) is 17.7 Å². The zero-order valence-electron chi connectivity index (χ0n) is 8.58. The van der Waals surface area contributed by atoms with Crippen molar-refractivity contribution in [2.45, 2.75) is 12.8 Å². The predicted octanol–water partition coefficient (Wildman–Crippen LogP) is 2.94. The maximum absolute atomic E-state index is 12.5. The summed E-state index contributed by atoms with van der Waals surface area (Å²) in [5, 5.41) is 0. The maximum atomic E-state index is 12.5. The molecule has 0 fully saturated rings. The lowest BCUT2D eigenvalue weighted by Gasteiger charge is -2.10. The van der Waals surface area contributed by atoms with E-state index in [4.69, 9.17) is 0 Å². The molecule has 0 spiro atoms. The molecule has 1 aromatic rings. The van der Waals surface area contributed by atoms with Crippen LogP contribution in [0.3, 0.4) is 0 Å². The lowest BCUT2D eigenvalue weighted by atomic mass is 10.1. The van der Waals surface area contributed by atoms with Crippen molar-refractivity contribution in [2.75, 3.05) is 6.26 Å². The molecule has 0 saturated carbocycles. The largest absolute Gasteiger partial charge is 0.417 e. The maximum Gasteiger partial charge on any atom is 0.417 e. The van der Waals surface area contributed by atoms with Gasteiger partial charge in [-0.15, -0.1) is 0 Å². The zero-order valence-corrected chi connectivity index (χ0v) is 11.0. The van der Waals surface area contributed by atoms with Crippen molar-refractivity contribution in [3.05, 3.63) is 33.8 Å². The quantitative estimate of drug-likeness (QED) is 0.799. The summed E-state index contributed by atoms with van der Waals surface area (Å²) in [7, 11) is -3.67. The van der Waals surface area contributed by atoms with Crippen molar-refractivity contribution >= 4 is 26.0 Å². The molecular weight excluding hydrogens is 325 g/mol. The molecule has 0 aromatic heterocycles. The molecule has 0 aliphatic heterocycles. The molecule has 3 nitrogen and oxygen atoms in total. The molecule has 1 aromatic carbocycles. The van der Waals surface area contributed by atoms with E-state index in [0.29, 0.717) is 0 Å². The molecule has 0 heterocycles. The van der Waals surface area contributed by atoms with Crippen LogP contribution in [0.25, 0.3) is 0 Å². The van der Waals surface area contributed by atoms with Crippen molar-refractivity contribution in [1.29, 1.82) is 0 Å². The Hall–Kier alpha value is -0.600. The Morgan fingerprint density at radius 2 is 1.94 bits per heavy atom. The minimum absolute atomic E-state index is 0.104. The van der Waals surface area contributed by atoms with E-state index >= 15 is 0 Å². The van der Waals surface area contributed by atoms with Crippen LogP contribution in [0.1, 0.15) is 11.1 Å². The third kappa shape index (κ3) is 4.64. The minimum Gasteiger partial charge on any atom is -0.265 e. The minimum atomic E-state index is -4.50. The molecule has 0 bridgehead atoms. The highest BCUT2D eigenvalue weighted by Crippen LogP contribution is 2.35.